The number of fused-ring (bicyclic) bond motifs is 1. The summed E-state index contributed by atoms with van der Waals surface area (Å²) in [6, 6.07) is 0. The molecular weight excluding hydrogens is 536 g/mol. The van der Waals surface area contributed by atoms with Crippen LogP contribution in [-0.2, 0) is 9.47 Å². The number of hydrogen-bond donors (Lipinski definition) is 0. The molecule has 0 aromatic rings. The van der Waals surface area contributed by atoms with Crippen LogP contribution in [0.1, 0.15) is 200 Å². The second-order valence-electron chi connectivity index (χ2n) is 13.8. The first-order chi connectivity index (χ1) is 21.8. The van der Waals surface area contributed by atoms with E-state index < -0.39 is 0 Å². The third-order valence-corrected chi connectivity index (χ3v) is 9.64. The highest BCUT2D eigenvalue weighted by Crippen LogP contribution is 2.43. The molecule has 254 valence electrons. The Labute approximate surface area is 275 Å². The quantitative estimate of drug-likeness (QED) is 0.0595. The van der Waals surface area contributed by atoms with E-state index in [-0.39, 0.29) is 5.79 Å². The van der Waals surface area contributed by atoms with E-state index in [0.717, 1.165) is 25.7 Å². The Balaban J connectivity index is 1.46. The monoisotopic (exact) mass is 611 g/mol. The molecular formula is C42H74O2. The number of hydrogen-bond acceptors (Lipinski definition) is 2. The lowest BCUT2D eigenvalue weighted by Crippen LogP contribution is -2.31. The highest BCUT2D eigenvalue weighted by Gasteiger charge is 2.48. The minimum Gasteiger partial charge on any atom is -0.344 e. The summed E-state index contributed by atoms with van der Waals surface area (Å²) in [7, 11) is 0. The van der Waals surface area contributed by atoms with Crippen molar-refractivity contribution >= 4 is 0 Å². The van der Waals surface area contributed by atoms with Crippen molar-refractivity contribution in [1.29, 1.82) is 0 Å². The van der Waals surface area contributed by atoms with Gasteiger partial charge in [-0.2, -0.15) is 0 Å². The van der Waals surface area contributed by atoms with Gasteiger partial charge in [-0.15, -0.1) is 0 Å². The molecule has 0 radical (unpaired) electrons. The second kappa shape index (κ2) is 28.1. The van der Waals surface area contributed by atoms with Gasteiger partial charge >= 0.3 is 0 Å². The van der Waals surface area contributed by atoms with Crippen LogP contribution in [-0.4, -0.2) is 18.0 Å². The maximum Gasteiger partial charge on any atom is 0.169 e. The summed E-state index contributed by atoms with van der Waals surface area (Å²) in [4.78, 5) is 0. The summed E-state index contributed by atoms with van der Waals surface area (Å²) in [6.07, 6.45) is 56.8. The van der Waals surface area contributed by atoms with E-state index in [4.69, 9.17) is 9.47 Å². The zero-order valence-electron chi connectivity index (χ0n) is 29.6. The Morgan fingerprint density at radius 2 is 0.773 bits per heavy atom. The standard InChI is InChI=1S/C42H74O2/c1-3-5-7-9-11-13-15-17-19-21-23-25-27-29-31-33-38-42(43-40-36-35-37-41(40)44-42)39-34-32-30-28-26-24-22-20-18-16-14-12-10-8-6-4-2/h11-14,17-20,40-41H,3-10,15-16,21-39H2,1-2H3/b13-11-,14-12-,19-17-,20-18-. The molecule has 1 heterocycles. The van der Waals surface area contributed by atoms with Gasteiger partial charge in [0.05, 0.1) is 12.2 Å². The summed E-state index contributed by atoms with van der Waals surface area (Å²) >= 11 is 0. The molecule has 1 aliphatic carbocycles. The maximum absolute atomic E-state index is 6.67. The molecule has 2 nitrogen and oxygen atoms in total. The number of rotatable bonds is 30. The molecule has 0 amide bonds. The second-order valence-corrected chi connectivity index (χ2v) is 13.8. The number of unbranched alkanes of at least 4 members (excludes halogenated alkanes) is 18. The molecule has 2 atom stereocenters. The molecule has 0 aromatic carbocycles. The van der Waals surface area contributed by atoms with Crippen LogP contribution in [0.25, 0.3) is 0 Å². The van der Waals surface area contributed by atoms with Gasteiger partial charge in [0.2, 0.25) is 0 Å². The van der Waals surface area contributed by atoms with Crippen molar-refractivity contribution in [3.8, 4) is 0 Å². The molecule has 2 aliphatic rings. The van der Waals surface area contributed by atoms with Gasteiger partial charge in [0.15, 0.2) is 5.79 Å². The lowest BCUT2D eigenvalue weighted by molar-refractivity contribution is -0.190. The van der Waals surface area contributed by atoms with Crippen LogP contribution in [0.2, 0.25) is 0 Å². The Kier molecular flexibility index (Phi) is 25.0. The van der Waals surface area contributed by atoms with Crippen molar-refractivity contribution in [3.05, 3.63) is 48.6 Å². The summed E-state index contributed by atoms with van der Waals surface area (Å²) in [5.74, 6) is -0.264. The minimum absolute atomic E-state index is 0.264. The van der Waals surface area contributed by atoms with Gasteiger partial charge in [0, 0.05) is 12.8 Å². The van der Waals surface area contributed by atoms with Crippen LogP contribution in [0.3, 0.4) is 0 Å². The van der Waals surface area contributed by atoms with Gasteiger partial charge in [-0.25, -0.2) is 0 Å². The van der Waals surface area contributed by atoms with Gasteiger partial charge in [0.1, 0.15) is 0 Å². The van der Waals surface area contributed by atoms with Crippen molar-refractivity contribution in [3.63, 3.8) is 0 Å². The Morgan fingerprint density at radius 1 is 0.432 bits per heavy atom. The summed E-state index contributed by atoms with van der Waals surface area (Å²) in [6.45, 7) is 4.54. The topological polar surface area (TPSA) is 18.5 Å². The van der Waals surface area contributed by atoms with E-state index in [9.17, 15) is 0 Å². The fourth-order valence-corrected chi connectivity index (χ4v) is 6.87. The van der Waals surface area contributed by atoms with E-state index in [0.29, 0.717) is 12.2 Å². The zero-order chi connectivity index (χ0) is 31.2. The summed E-state index contributed by atoms with van der Waals surface area (Å²) < 4.78 is 13.3. The average molecular weight is 611 g/mol. The van der Waals surface area contributed by atoms with E-state index in [2.05, 4.69) is 62.5 Å². The van der Waals surface area contributed by atoms with Crippen molar-refractivity contribution in [2.24, 2.45) is 0 Å². The molecule has 1 saturated carbocycles. The molecule has 44 heavy (non-hydrogen) atoms. The van der Waals surface area contributed by atoms with Crippen LogP contribution in [0.5, 0.6) is 0 Å². The van der Waals surface area contributed by atoms with Crippen LogP contribution in [0, 0.1) is 0 Å². The van der Waals surface area contributed by atoms with Crippen molar-refractivity contribution < 1.29 is 9.47 Å². The first kappa shape index (κ1) is 39.1. The first-order valence-electron chi connectivity index (χ1n) is 19.8. The average Bonchev–Trinajstić information content (AvgIpc) is 3.60. The fourth-order valence-electron chi connectivity index (χ4n) is 6.87. The first-order valence-corrected chi connectivity index (χ1v) is 19.8. The number of ether oxygens (including phenoxy) is 2. The molecule has 0 aromatic heterocycles. The largest absolute Gasteiger partial charge is 0.344 e. The van der Waals surface area contributed by atoms with Gasteiger partial charge in [-0.1, -0.05) is 140 Å². The van der Waals surface area contributed by atoms with Crippen molar-refractivity contribution in [2.45, 2.75) is 218 Å². The maximum atomic E-state index is 6.67. The van der Waals surface area contributed by atoms with Gasteiger partial charge in [0.25, 0.3) is 0 Å². The molecule has 2 heteroatoms. The smallest absolute Gasteiger partial charge is 0.169 e. The van der Waals surface area contributed by atoms with E-state index in [1.165, 1.54) is 161 Å². The van der Waals surface area contributed by atoms with Gasteiger partial charge in [-0.05, 0) is 96.3 Å². The molecule has 1 aliphatic heterocycles. The van der Waals surface area contributed by atoms with Crippen LogP contribution < -0.4 is 0 Å². The Bertz CT molecular complexity index is 685. The molecule has 0 N–H and O–H groups in total. The van der Waals surface area contributed by atoms with Gasteiger partial charge < -0.3 is 9.47 Å². The highest BCUT2D eigenvalue weighted by atomic mass is 16.8. The van der Waals surface area contributed by atoms with Crippen LogP contribution >= 0.6 is 0 Å². The summed E-state index contributed by atoms with van der Waals surface area (Å²) in [5.41, 5.74) is 0. The molecule has 1 saturated heterocycles. The van der Waals surface area contributed by atoms with E-state index in [1.54, 1.807) is 0 Å². The Morgan fingerprint density at radius 3 is 1.16 bits per heavy atom. The lowest BCUT2D eigenvalue weighted by atomic mass is 9.98. The molecule has 0 bridgehead atoms. The predicted octanol–water partition coefficient (Wildman–Crippen LogP) is 14.1. The van der Waals surface area contributed by atoms with E-state index >= 15 is 0 Å². The SMILES string of the molecule is CCCCC/C=C\C/C=C\CCCCCCCCC1(CCCCCCCC/C=C\C/C=C\CCCCC)OC2CCCC2O1. The molecule has 2 fully saturated rings. The van der Waals surface area contributed by atoms with Gasteiger partial charge in [-0.3, -0.25) is 0 Å². The predicted molar refractivity (Wildman–Crippen MR) is 194 cm³/mol. The fraction of sp³-hybridized carbons (Fsp3) is 0.810. The van der Waals surface area contributed by atoms with Crippen molar-refractivity contribution in [1.82, 2.24) is 0 Å². The minimum atomic E-state index is -0.264. The molecule has 0 spiro atoms. The lowest BCUT2D eigenvalue weighted by Gasteiger charge is -2.29. The Hall–Kier alpha value is -1.12. The third-order valence-electron chi connectivity index (χ3n) is 9.64. The number of allylic oxidation sites excluding steroid dienone is 8. The normalized spacial score (nSPS) is 20.0. The third kappa shape index (κ3) is 20.1. The summed E-state index contributed by atoms with van der Waals surface area (Å²) in [5, 5.41) is 0. The van der Waals surface area contributed by atoms with Crippen LogP contribution in [0.15, 0.2) is 48.6 Å². The van der Waals surface area contributed by atoms with Crippen molar-refractivity contribution in [2.75, 3.05) is 0 Å². The molecule has 2 rings (SSSR count). The van der Waals surface area contributed by atoms with E-state index in [1.807, 2.05) is 0 Å². The molecule has 2 unspecified atom stereocenters. The van der Waals surface area contributed by atoms with Crippen LogP contribution in [0.4, 0.5) is 0 Å². The zero-order valence-corrected chi connectivity index (χ0v) is 29.6. The highest BCUT2D eigenvalue weighted by molar-refractivity contribution is 4.94.